The van der Waals surface area contributed by atoms with Crippen molar-refractivity contribution < 1.29 is 14.6 Å². The van der Waals surface area contributed by atoms with Gasteiger partial charge in [-0.1, -0.05) is 45.9 Å². The van der Waals surface area contributed by atoms with Crippen LogP contribution in [0.25, 0.3) is 0 Å². The minimum absolute atomic E-state index is 0.148. The highest BCUT2D eigenvalue weighted by atomic mass is 16.5. The lowest BCUT2D eigenvalue weighted by Crippen LogP contribution is -2.34. The number of ether oxygens (including phenoxy) is 1. The molecule has 4 nitrogen and oxygen atoms in total. The minimum atomic E-state index is -0.934. The van der Waals surface area contributed by atoms with Gasteiger partial charge in [0.1, 0.15) is 5.75 Å². The summed E-state index contributed by atoms with van der Waals surface area (Å²) in [5, 5.41) is 9.14. The summed E-state index contributed by atoms with van der Waals surface area (Å²) in [6.07, 6.45) is 6.88. The number of carboxylic acids is 1. The Hall–Kier alpha value is -3.14. The normalized spacial score (nSPS) is 17.1. The molecular formula is C29H33NO3. The van der Waals surface area contributed by atoms with E-state index in [-0.39, 0.29) is 22.3 Å². The number of fused-ring (bicyclic) bond motifs is 1. The van der Waals surface area contributed by atoms with E-state index in [1.807, 2.05) is 12.4 Å². The van der Waals surface area contributed by atoms with E-state index < -0.39 is 5.97 Å². The van der Waals surface area contributed by atoms with Crippen LogP contribution < -0.4 is 4.74 Å². The summed E-state index contributed by atoms with van der Waals surface area (Å²) in [6.45, 7) is 9.90. The maximum absolute atomic E-state index is 11.1. The lowest BCUT2D eigenvalue weighted by molar-refractivity contribution is 0.0697. The quantitative estimate of drug-likeness (QED) is 0.451. The van der Waals surface area contributed by atoms with E-state index in [4.69, 9.17) is 9.84 Å². The molecule has 1 unspecified atom stereocenters. The predicted octanol–water partition coefficient (Wildman–Crippen LogP) is 6.53. The number of carbonyl (C=O) groups is 1. The summed E-state index contributed by atoms with van der Waals surface area (Å²) in [4.78, 5) is 15.3. The molecule has 0 bridgehead atoms. The summed E-state index contributed by atoms with van der Waals surface area (Å²) in [5.41, 5.74) is 5.99. The van der Waals surface area contributed by atoms with Gasteiger partial charge in [-0.15, -0.1) is 0 Å². The number of hydrogen-bond acceptors (Lipinski definition) is 3. The van der Waals surface area contributed by atoms with Gasteiger partial charge in [0.05, 0.1) is 12.2 Å². The summed E-state index contributed by atoms with van der Waals surface area (Å²) in [7, 11) is 0. The molecule has 2 aromatic carbocycles. The fraction of sp³-hybridized carbons (Fsp3) is 0.379. The third kappa shape index (κ3) is 5.11. The van der Waals surface area contributed by atoms with Gasteiger partial charge in [-0.25, -0.2) is 4.79 Å². The van der Waals surface area contributed by atoms with Crippen LogP contribution in [0.3, 0.4) is 0 Å². The second kappa shape index (κ2) is 9.01. The number of nitrogens with zero attached hydrogens (tertiary/aromatic N) is 1. The molecule has 0 aliphatic heterocycles. The molecule has 4 heteroatoms. The van der Waals surface area contributed by atoms with Crippen molar-refractivity contribution in [2.75, 3.05) is 6.61 Å². The molecule has 1 aliphatic rings. The van der Waals surface area contributed by atoms with Gasteiger partial charge in [0.2, 0.25) is 0 Å². The molecule has 0 saturated heterocycles. The van der Waals surface area contributed by atoms with Crippen molar-refractivity contribution in [3.05, 3.63) is 94.8 Å². The topological polar surface area (TPSA) is 59.4 Å². The van der Waals surface area contributed by atoms with Crippen LogP contribution >= 0.6 is 0 Å². The van der Waals surface area contributed by atoms with Crippen molar-refractivity contribution in [1.29, 1.82) is 0 Å². The number of benzene rings is 2. The molecule has 0 fully saturated rings. The maximum Gasteiger partial charge on any atom is 0.335 e. The van der Waals surface area contributed by atoms with Crippen molar-refractivity contribution in [3.63, 3.8) is 0 Å². The minimum Gasteiger partial charge on any atom is -0.493 e. The molecule has 1 heterocycles. The van der Waals surface area contributed by atoms with Crippen LogP contribution in [-0.2, 0) is 17.3 Å². The Morgan fingerprint density at radius 2 is 1.58 bits per heavy atom. The van der Waals surface area contributed by atoms with Gasteiger partial charge in [-0.05, 0) is 88.7 Å². The first kappa shape index (κ1) is 23.0. The van der Waals surface area contributed by atoms with Crippen LogP contribution in [0.5, 0.6) is 5.75 Å². The van der Waals surface area contributed by atoms with Crippen molar-refractivity contribution in [2.24, 2.45) is 0 Å². The zero-order chi connectivity index (χ0) is 23.6. The predicted molar refractivity (Wildman–Crippen MR) is 131 cm³/mol. The lowest BCUT2D eigenvalue weighted by atomic mass is 9.62. The standard InChI is InChI=1S/C29H33NO3/c1-28(2)13-14-29(3,4)26-18-22(7-10-25(26)28)23(17-20-11-15-30-16-12-20)19-33-24-8-5-21(6-9-24)27(31)32/h5-12,15-16,18,23H,13-14,17,19H2,1-4H3,(H,31,32). The van der Waals surface area contributed by atoms with Gasteiger partial charge in [0.15, 0.2) is 0 Å². The zero-order valence-electron chi connectivity index (χ0n) is 20.0. The van der Waals surface area contributed by atoms with E-state index in [0.29, 0.717) is 12.4 Å². The third-order valence-electron chi connectivity index (χ3n) is 7.13. The summed E-state index contributed by atoms with van der Waals surface area (Å²) >= 11 is 0. The van der Waals surface area contributed by atoms with Crippen molar-refractivity contribution in [2.45, 2.75) is 63.7 Å². The Bertz CT molecular complexity index is 1120. The number of aromatic nitrogens is 1. The highest BCUT2D eigenvalue weighted by Crippen LogP contribution is 2.46. The van der Waals surface area contributed by atoms with Crippen LogP contribution in [0.15, 0.2) is 67.0 Å². The summed E-state index contributed by atoms with van der Waals surface area (Å²) in [6, 6.07) is 17.7. The van der Waals surface area contributed by atoms with Crippen LogP contribution in [0.1, 0.15) is 79.1 Å². The van der Waals surface area contributed by atoms with Crippen LogP contribution in [0, 0.1) is 0 Å². The molecule has 172 valence electrons. The largest absolute Gasteiger partial charge is 0.493 e. The molecule has 3 aromatic rings. The summed E-state index contributed by atoms with van der Waals surface area (Å²) in [5.74, 6) is -0.0893. The fourth-order valence-corrected chi connectivity index (χ4v) is 4.83. The first-order valence-corrected chi connectivity index (χ1v) is 11.7. The average molecular weight is 444 g/mol. The Morgan fingerprint density at radius 1 is 0.939 bits per heavy atom. The molecule has 0 radical (unpaired) electrons. The molecular weight excluding hydrogens is 410 g/mol. The number of carboxylic acid groups (broad SMARTS) is 1. The smallest absolute Gasteiger partial charge is 0.335 e. The second-order valence-electron chi connectivity index (χ2n) is 10.5. The van der Waals surface area contributed by atoms with Gasteiger partial charge in [-0.2, -0.15) is 0 Å². The van der Waals surface area contributed by atoms with E-state index in [0.717, 1.165) is 6.42 Å². The average Bonchev–Trinajstić information content (AvgIpc) is 2.80. The first-order chi connectivity index (χ1) is 15.7. The summed E-state index contributed by atoms with van der Waals surface area (Å²) < 4.78 is 6.16. The van der Waals surface area contributed by atoms with Crippen LogP contribution in [0.4, 0.5) is 0 Å². The molecule has 33 heavy (non-hydrogen) atoms. The van der Waals surface area contributed by atoms with Gasteiger partial charge >= 0.3 is 5.97 Å². The van der Waals surface area contributed by atoms with E-state index in [2.05, 4.69) is 63.0 Å². The highest BCUT2D eigenvalue weighted by Gasteiger charge is 2.37. The maximum atomic E-state index is 11.1. The Kier molecular flexibility index (Phi) is 6.29. The van der Waals surface area contributed by atoms with E-state index in [9.17, 15) is 4.79 Å². The Labute approximate surface area is 196 Å². The SMILES string of the molecule is CC1(C)CCC(C)(C)c2cc(C(COc3ccc(C(=O)O)cc3)Cc3ccncc3)ccc21. The second-order valence-corrected chi connectivity index (χ2v) is 10.5. The highest BCUT2D eigenvalue weighted by molar-refractivity contribution is 5.87. The molecule has 1 N–H and O–H groups in total. The van der Waals surface area contributed by atoms with Gasteiger partial charge < -0.3 is 9.84 Å². The number of hydrogen-bond donors (Lipinski definition) is 1. The monoisotopic (exact) mass is 443 g/mol. The zero-order valence-corrected chi connectivity index (χ0v) is 20.0. The van der Waals surface area contributed by atoms with E-state index in [1.165, 1.54) is 35.1 Å². The van der Waals surface area contributed by atoms with Crippen molar-refractivity contribution >= 4 is 5.97 Å². The molecule has 1 aliphatic carbocycles. The molecule has 4 rings (SSSR count). The van der Waals surface area contributed by atoms with Crippen LogP contribution in [0.2, 0.25) is 0 Å². The first-order valence-electron chi connectivity index (χ1n) is 11.7. The number of aromatic carboxylic acids is 1. The Balaban J connectivity index is 1.64. The number of pyridine rings is 1. The fourth-order valence-electron chi connectivity index (χ4n) is 4.83. The van der Waals surface area contributed by atoms with E-state index in [1.54, 1.807) is 24.3 Å². The molecule has 1 atom stereocenters. The Morgan fingerprint density at radius 3 is 2.21 bits per heavy atom. The lowest BCUT2D eigenvalue weighted by Gasteiger charge is -2.42. The number of rotatable bonds is 7. The van der Waals surface area contributed by atoms with E-state index >= 15 is 0 Å². The van der Waals surface area contributed by atoms with Gasteiger partial charge in [-0.3, -0.25) is 4.98 Å². The molecule has 0 saturated carbocycles. The van der Waals surface area contributed by atoms with Crippen molar-refractivity contribution in [1.82, 2.24) is 4.98 Å². The van der Waals surface area contributed by atoms with Crippen molar-refractivity contribution in [3.8, 4) is 5.75 Å². The van der Waals surface area contributed by atoms with Gasteiger partial charge in [0, 0.05) is 18.3 Å². The van der Waals surface area contributed by atoms with Gasteiger partial charge in [0.25, 0.3) is 0 Å². The molecule has 1 aromatic heterocycles. The van der Waals surface area contributed by atoms with Crippen LogP contribution in [-0.4, -0.2) is 22.7 Å². The molecule has 0 amide bonds. The molecule has 0 spiro atoms. The third-order valence-corrected chi connectivity index (χ3v) is 7.13.